The Morgan fingerprint density at radius 2 is 1.04 bits per heavy atom. The van der Waals surface area contributed by atoms with Gasteiger partial charge in [-0.2, -0.15) is 0 Å². The molecule has 5 heteroatoms. The van der Waals surface area contributed by atoms with Crippen molar-refractivity contribution in [3.05, 3.63) is 0 Å². The second-order valence-corrected chi connectivity index (χ2v) is 9.33. The number of nitrogens with zero attached hydrogens (tertiary/aromatic N) is 1. The number of rotatable bonds is 14. The summed E-state index contributed by atoms with van der Waals surface area (Å²) in [5, 5.41) is 0. The molecule has 0 aliphatic carbocycles. The zero-order chi connectivity index (χ0) is 18.9. The molecular weight excluding hydrogens is 322 g/mol. The molecule has 0 spiro atoms. The van der Waals surface area contributed by atoms with Gasteiger partial charge in [0, 0.05) is 5.75 Å². The zero-order valence-electron chi connectivity index (χ0n) is 17.0. The lowest BCUT2D eigenvalue weighted by molar-refractivity contribution is -0.870. The summed E-state index contributed by atoms with van der Waals surface area (Å²) in [7, 11) is 2.84. The Bertz CT molecular complexity index is 348. The van der Waals surface area contributed by atoms with Gasteiger partial charge < -0.3 is 9.04 Å². The van der Waals surface area contributed by atoms with Crippen LogP contribution in [0.15, 0.2) is 0 Å². The Labute approximate surface area is 152 Å². The molecule has 0 unspecified atom stereocenters. The van der Waals surface area contributed by atoms with Gasteiger partial charge in [-0.15, -0.1) is 0 Å². The lowest BCUT2D eigenvalue weighted by Gasteiger charge is -2.23. The van der Waals surface area contributed by atoms with Gasteiger partial charge in [-0.3, -0.25) is 0 Å². The topological polar surface area (TPSA) is 57.2 Å². The van der Waals surface area contributed by atoms with Gasteiger partial charge in [0.1, 0.15) is 0 Å². The van der Waals surface area contributed by atoms with Gasteiger partial charge in [0.05, 0.1) is 37.8 Å². The monoisotopic (exact) mass is 365 g/mol. The molecule has 24 heavy (non-hydrogen) atoms. The fraction of sp³-hybridized carbons (Fsp3) is 1.00. The van der Waals surface area contributed by atoms with Crippen LogP contribution in [0, 0.1) is 0 Å². The normalized spacial score (nSPS) is 11.9. The van der Waals surface area contributed by atoms with Crippen molar-refractivity contribution in [2.24, 2.45) is 0 Å². The molecule has 0 radical (unpaired) electrons. The van der Waals surface area contributed by atoms with E-state index in [0.717, 1.165) is 23.7 Å². The van der Waals surface area contributed by atoms with Gasteiger partial charge >= 0.3 is 0 Å². The summed E-state index contributed by atoms with van der Waals surface area (Å²) in [6, 6.07) is 0. The minimum absolute atomic E-state index is 0.195. The van der Waals surface area contributed by atoms with Crippen LogP contribution in [0.5, 0.6) is 0 Å². The van der Waals surface area contributed by atoms with Crippen LogP contribution in [0.25, 0.3) is 0 Å². The van der Waals surface area contributed by atoms with Gasteiger partial charge in [-0.25, -0.2) is 8.42 Å². The molecule has 0 fully saturated rings. The van der Waals surface area contributed by atoms with Crippen LogP contribution in [-0.2, 0) is 10.1 Å². The van der Waals surface area contributed by atoms with Crippen molar-refractivity contribution in [3.8, 4) is 0 Å². The van der Waals surface area contributed by atoms with E-state index in [-0.39, 0.29) is 5.75 Å². The van der Waals surface area contributed by atoms with Gasteiger partial charge in [0.15, 0.2) is 0 Å². The predicted molar refractivity (Wildman–Crippen MR) is 104 cm³/mol. The van der Waals surface area contributed by atoms with Crippen LogP contribution in [-0.4, -0.2) is 50.9 Å². The summed E-state index contributed by atoms with van der Waals surface area (Å²) in [5.74, 6) is -0.195. The van der Waals surface area contributed by atoms with E-state index in [1.165, 1.54) is 57.9 Å². The van der Waals surface area contributed by atoms with Crippen molar-refractivity contribution >= 4 is 10.1 Å². The summed E-state index contributed by atoms with van der Waals surface area (Å²) in [6.07, 6.45) is 14.4. The summed E-state index contributed by atoms with van der Waals surface area (Å²) < 4.78 is 31.6. The zero-order valence-corrected chi connectivity index (χ0v) is 17.8. The Morgan fingerprint density at radius 1 is 0.667 bits per heavy atom. The third-order valence-corrected chi connectivity index (χ3v) is 4.72. The van der Waals surface area contributed by atoms with Crippen LogP contribution in [0.4, 0.5) is 0 Å². The van der Waals surface area contributed by atoms with Crippen molar-refractivity contribution in [1.82, 2.24) is 0 Å². The van der Waals surface area contributed by atoms with Crippen LogP contribution in [0.3, 0.4) is 0 Å². The summed E-state index contributed by atoms with van der Waals surface area (Å²) >= 11 is 0. The number of hydrogen-bond acceptors (Lipinski definition) is 3. The Hall–Kier alpha value is -0.130. The molecule has 0 saturated heterocycles. The van der Waals surface area contributed by atoms with E-state index in [4.69, 9.17) is 0 Å². The molecule has 0 bridgehead atoms. The Kier molecular flexibility index (Phi) is 17.8. The number of hydrogen-bond donors (Lipinski definition) is 0. The maximum atomic E-state index is 10.2. The maximum Gasteiger partial charge on any atom is 0.0945 e. The molecule has 0 atom stereocenters. The molecule has 0 aromatic rings. The molecule has 148 valence electrons. The van der Waals surface area contributed by atoms with Crippen molar-refractivity contribution in [2.75, 3.05) is 33.4 Å². The van der Waals surface area contributed by atoms with Crippen LogP contribution in [0.2, 0.25) is 0 Å². The van der Waals surface area contributed by atoms with Crippen molar-refractivity contribution in [1.29, 1.82) is 0 Å². The first-order chi connectivity index (χ1) is 11.1. The maximum absolute atomic E-state index is 10.2. The Morgan fingerprint density at radius 3 is 1.42 bits per heavy atom. The second-order valence-electron chi connectivity index (χ2n) is 7.81. The van der Waals surface area contributed by atoms with Crippen LogP contribution in [0.1, 0.15) is 90.9 Å². The van der Waals surface area contributed by atoms with E-state index >= 15 is 0 Å². The lowest BCUT2D eigenvalue weighted by Crippen LogP contribution is -2.35. The van der Waals surface area contributed by atoms with E-state index in [1.54, 1.807) is 0 Å². The first kappa shape index (κ1) is 26.1. The van der Waals surface area contributed by atoms with Gasteiger partial charge in [0.2, 0.25) is 0 Å². The first-order valence-electron chi connectivity index (χ1n) is 9.86. The molecule has 0 amide bonds. The third-order valence-electron chi connectivity index (χ3n) is 3.93. The van der Waals surface area contributed by atoms with E-state index in [1.807, 2.05) is 0 Å². The average molecular weight is 366 g/mol. The number of quaternary nitrogens is 1. The molecule has 0 aromatic carbocycles. The number of unbranched alkanes of at least 4 members (excludes halogenated alkanes) is 10. The predicted octanol–water partition coefficient (Wildman–Crippen LogP) is 4.95. The second kappa shape index (κ2) is 16.3. The highest BCUT2D eigenvalue weighted by Gasteiger charge is 2.04. The van der Waals surface area contributed by atoms with Gasteiger partial charge in [-0.05, 0) is 19.3 Å². The molecule has 0 aromatic heterocycles. The molecule has 0 saturated carbocycles. The minimum atomic E-state index is -3.97. The molecule has 0 N–H and O–H groups in total. The summed E-state index contributed by atoms with van der Waals surface area (Å²) in [5.41, 5.74) is 0. The SMILES string of the molecule is CCCCCCCCS(=O)(=O)[O-].CCCCCCCC[N+](C)(C)C. The van der Waals surface area contributed by atoms with E-state index in [9.17, 15) is 13.0 Å². The van der Waals surface area contributed by atoms with Crippen LogP contribution < -0.4 is 0 Å². The minimum Gasteiger partial charge on any atom is -0.748 e. The van der Waals surface area contributed by atoms with E-state index < -0.39 is 10.1 Å². The van der Waals surface area contributed by atoms with Crippen LogP contribution >= 0.6 is 0 Å². The largest absolute Gasteiger partial charge is 0.748 e. The van der Waals surface area contributed by atoms with Crippen molar-refractivity contribution in [3.63, 3.8) is 0 Å². The average Bonchev–Trinajstić information content (AvgIpc) is 2.45. The third kappa shape index (κ3) is 29.8. The summed E-state index contributed by atoms with van der Waals surface area (Å²) in [6.45, 7) is 5.72. The molecule has 0 rings (SSSR count). The molecule has 4 nitrogen and oxygen atoms in total. The van der Waals surface area contributed by atoms with Gasteiger partial charge in [0.25, 0.3) is 0 Å². The van der Waals surface area contributed by atoms with E-state index in [0.29, 0.717) is 6.42 Å². The Balaban J connectivity index is 0. The summed E-state index contributed by atoms with van der Waals surface area (Å²) in [4.78, 5) is 0. The van der Waals surface area contributed by atoms with E-state index in [2.05, 4.69) is 35.0 Å². The highest BCUT2D eigenvalue weighted by molar-refractivity contribution is 7.85. The van der Waals surface area contributed by atoms with Crippen molar-refractivity contribution in [2.45, 2.75) is 90.9 Å². The molecular formula is C19H43NO3S. The molecule has 0 aliphatic heterocycles. The fourth-order valence-electron chi connectivity index (χ4n) is 2.43. The van der Waals surface area contributed by atoms with Crippen molar-refractivity contribution < 1.29 is 17.5 Å². The highest BCUT2D eigenvalue weighted by Crippen LogP contribution is 2.06. The fourth-order valence-corrected chi connectivity index (χ4v) is 2.98. The lowest BCUT2D eigenvalue weighted by atomic mass is 10.1. The van der Waals surface area contributed by atoms with Gasteiger partial charge in [-0.1, -0.05) is 71.6 Å². The molecule has 0 heterocycles. The first-order valence-corrected chi connectivity index (χ1v) is 11.4. The standard InChI is InChI=1S/C11H26N.C8H18O3S/c1-5-6-7-8-9-10-11-12(2,3)4;1-2-3-4-5-6-7-8-12(9,10)11/h5-11H2,1-4H3;2-8H2,1H3,(H,9,10,11)/q+1;/p-1. The highest BCUT2D eigenvalue weighted by atomic mass is 32.2. The smallest absolute Gasteiger partial charge is 0.0945 e. The quantitative estimate of drug-likeness (QED) is 0.249. The molecule has 0 aliphatic rings.